The van der Waals surface area contributed by atoms with Crippen LogP contribution in [0.1, 0.15) is 98.8 Å². The molecule has 0 aromatic rings. The van der Waals surface area contributed by atoms with Crippen LogP contribution in [0.25, 0.3) is 0 Å². The lowest BCUT2D eigenvalue weighted by molar-refractivity contribution is -0.0875. The van der Waals surface area contributed by atoms with Crippen molar-refractivity contribution in [3.05, 3.63) is 12.2 Å². The maximum absolute atomic E-state index is 5.79. The van der Waals surface area contributed by atoms with Crippen molar-refractivity contribution >= 4 is 0 Å². The fourth-order valence-electron chi connectivity index (χ4n) is 8.89. The summed E-state index contributed by atoms with van der Waals surface area (Å²) in [5.41, 5.74) is 1.05. The fraction of sp³-hybridized carbons (Fsp3) is 0.929. The van der Waals surface area contributed by atoms with Crippen molar-refractivity contribution in [2.24, 2.45) is 52.3 Å². The largest absolute Gasteiger partial charge is 0.377 e. The van der Waals surface area contributed by atoms with Crippen molar-refractivity contribution in [1.29, 1.82) is 0 Å². The van der Waals surface area contributed by atoms with Crippen LogP contribution in [0.4, 0.5) is 0 Å². The normalized spacial score (nSPS) is 46.9. The summed E-state index contributed by atoms with van der Waals surface area (Å²) in [6.45, 7) is 14.5. The van der Waals surface area contributed by atoms with Crippen molar-refractivity contribution in [2.45, 2.75) is 98.8 Å². The Morgan fingerprint density at radius 3 is 2.55 bits per heavy atom. The van der Waals surface area contributed by atoms with Crippen LogP contribution in [0.3, 0.4) is 0 Å². The molecule has 8 atom stereocenters. The Morgan fingerprint density at radius 2 is 1.76 bits per heavy atom. The summed E-state index contributed by atoms with van der Waals surface area (Å²) in [6, 6.07) is 0. The lowest BCUT2D eigenvalue weighted by Crippen LogP contribution is -2.52. The lowest BCUT2D eigenvalue weighted by atomic mass is 9.46. The summed E-state index contributed by atoms with van der Waals surface area (Å²) in [4.78, 5) is 0. The van der Waals surface area contributed by atoms with Gasteiger partial charge in [-0.3, -0.25) is 0 Å². The van der Waals surface area contributed by atoms with Crippen molar-refractivity contribution in [2.75, 3.05) is 13.2 Å². The Bertz CT molecular complexity index is 579. The van der Waals surface area contributed by atoms with Gasteiger partial charge in [0.2, 0.25) is 0 Å². The fourth-order valence-corrected chi connectivity index (χ4v) is 8.89. The molecule has 29 heavy (non-hydrogen) atoms. The molecule has 0 aromatic heterocycles. The van der Waals surface area contributed by atoms with E-state index >= 15 is 0 Å². The zero-order valence-corrected chi connectivity index (χ0v) is 20.1. The molecule has 0 aromatic carbocycles. The second-order valence-electron chi connectivity index (χ2n) is 12.3. The first kappa shape index (κ1) is 21.9. The first-order chi connectivity index (χ1) is 13.9. The van der Waals surface area contributed by atoms with Crippen LogP contribution in [-0.2, 0) is 4.74 Å². The van der Waals surface area contributed by atoms with Gasteiger partial charge in [0, 0.05) is 6.61 Å². The second-order valence-corrected chi connectivity index (χ2v) is 12.3. The average Bonchev–Trinajstić information content (AvgIpc) is 3.01. The van der Waals surface area contributed by atoms with Gasteiger partial charge in [-0.1, -0.05) is 66.0 Å². The Morgan fingerprint density at radius 1 is 0.931 bits per heavy atom. The van der Waals surface area contributed by atoms with E-state index in [1.54, 1.807) is 0 Å². The minimum Gasteiger partial charge on any atom is -0.377 e. The third kappa shape index (κ3) is 3.99. The van der Waals surface area contributed by atoms with Crippen molar-refractivity contribution < 1.29 is 4.74 Å². The quantitative estimate of drug-likeness (QED) is 0.426. The van der Waals surface area contributed by atoms with E-state index in [-0.39, 0.29) is 0 Å². The van der Waals surface area contributed by atoms with Crippen molar-refractivity contribution in [1.82, 2.24) is 0 Å². The van der Waals surface area contributed by atoms with E-state index < -0.39 is 0 Å². The van der Waals surface area contributed by atoms with E-state index in [1.165, 1.54) is 64.2 Å². The summed E-state index contributed by atoms with van der Waals surface area (Å²) >= 11 is 0. The molecule has 1 heterocycles. The summed E-state index contributed by atoms with van der Waals surface area (Å²) < 4.78 is 5.79. The van der Waals surface area contributed by atoms with Gasteiger partial charge >= 0.3 is 0 Å². The highest BCUT2D eigenvalue weighted by molar-refractivity contribution is 5.14. The molecule has 3 aliphatic carbocycles. The predicted molar refractivity (Wildman–Crippen MR) is 124 cm³/mol. The minimum absolute atomic E-state index is 0.426. The van der Waals surface area contributed by atoms with Crippen LogP contribution in [0.5, 0.6) is 0 Å². The van der Waals surface area contributed by atoms with E-state index in [2.05, 4.69) is 46.8 Å². The highest BCUT2D eigenvalue weighted by Crippen LogP contribution is 2.67. The molecule has 4 rings (SSSR count). The maximum Gasteiger partial charge on any atom is 0.0647 e. The molecule has 0 radical (unpaired) electrons. The van der Waals surface area contributed by atoms with Crippen LogP contribution in [-0.4, -0.2) is 13.2 Å². The Kier molecular flexibility index (Phi) is 6.56. The van der Waals surface area contributed by atoms with Gasteiger partial charge in [-0.15, -0.1) is 0 Å². The van der Waals surface area contributed by atoms with Gasteiger partial charge in [0.05, 0.1) is 6.61 Å². The van der Waals surface area contributed by atoms with Crippen LogP contribution in [0, 0.1) is 52.3 Å². The molecular weight excluding hydrogens is 352 g/mol. The third-order valence-electron chi connectivity index (χ3n) is 10.5. The molecule has 0 N–H and O–H groups in total. The third-order valence-corrected chi connectivity index (χ3v) is 10.5. The number of ether oxygens (including phenoxy) is 1. The van der Waals surface area contributed by atoms with Crippen LogP contribution >= 0.6 is 0 Å². The first-order valence-corrected chi connectivity index (χ1v) is 13.1. The smallest absolute Gasteiger partial charge is 0.0647 e. The number of rotatable bonds is 5. The Labute approximate surface area is 181 Å². The summed E-state index contributed by atoms with van der Waals surface area (Å²) in [7, 11) is 0. The SMILES string of the molecule is CC(C)CCC[C@@H](C)[C@H]1CCC2[C@@H]3CCC4CCOC/C=C\[C@]4(C)C3CC[C@@]21C. The summed E-state index contributed by atoms with van der Waals surface area (Å²) in [6.07, 6.45) is 19.5. The van der Waals surface area contributed by atoms with Gasteiger partial charge < -0.3 is 4.74 Å². The van der Waals surface area contributed by atoms with Crippen LogP contribution in [0.15, 0.2) is 12.2 Å². The minimum atomic E-state index is 0.426. The first-order valence-electron chi connectivity index (χ1n) is 13.1. The van der Waals surface area contributed by atoms with Gasteiger partial charge in [-0.25, -0.2) is 0 Å². The summed E-state index contributed by atoms with van der Waals surface area (Å²) in [5, 5.41) is 0. The molecule has 1 aliphatic heterocycles. The van der Waals surface area contributed by atoms with E-state index in [1.807, 2.05) is 0 Å². The maximum atomic E-state index is 5.79. The molecule has 1 heteroatoms. The number of hydrogen-bond acceptors (Lipinski definition) is 1. The topological polar surface area (TPSA) is 9.23 Å². The molecule has 0 saturated heterocycles. The number of hydrogen-bond donors (Lipinski definition) is 0. The zero-order chi connectivity index (χ0) is 20.6. The second kappa shape index (κ2) is 8.68. The molecule has 0 bridgehead atoms. The van der Waals surface area contributed by atoms with Gasteiger partial charge in [0.15, 0.2) is 0 Å². The standard InChI is InChI=1S/C28H48O/c1-20(2)8-6-9-21(3)24-12-13-25-23-11-10-22-15-19-29-18-7-16-27(22,4)26(23)14-17-28(24,25)5/h7,16,20-26H,6,8-15,17-19H2,1-5H3/b16-7-/t21-,22?,23+,24-,25?,26?,27+,28-/m1/s1. The number of allylic oxidation sites excluding steroid dienone is 1. The molecule has 3 saturated carbocycles. The van der Waals surface area contributed by atoms with E-state index in [0.717, 1.165) is 54.6 Å². The van der Waals surface area contributed by atoms with E-state index in [0.29, 0.717) is 10.8 Å². The van der Waals surface area contributed by atoms with Crippen LogP contribution < -0.4 is 0 Å². The highest BCUT2D eigenvalue weighted by Gasteiger charge is 2.59. The lowest BCUT2D eigenvalue weighted by Gasteiger charge is -2.59. The van der Waals surface area contributed by atoms with Gasteiger partial charge in [0.25, 0.3) is 0 Å². The molecular formula is C28H48O. The molecule has 166 valence electrons. The van der Waals surface area contributed by atoms with Crippen molar-refractivity contribution in [3.8, 4) is 0 Å². The van der Waals surface area contributed by atoms with Gasteiger partial charge in [0.1, 0.15) is 0 Å². The predicted octanol–water partition coefficient (Wildman–Crippen LogP) is 7.90. The van der Waals surface area contributed by atoms with Crippen molar-refractivity contribution in [3.63, 3.8) is 0 Å². The molecule has 1 nitrogen and oxygen atoms in total. The molecule has 0 spiro atoms. The highest BCUT2D eigenvalue weighted by atomic mass is 16.5. The zero-order valence-electron chi connectivity index (χ0n) is 20.1. The summed E-state index contributed by atoms with van der Waals surface area (Å²) in [5.74, 6) is 6.50. The average molecular weight is 401 g/mol. The molecule has 4 aliphatic rings. The van der Waals surface area contributed by atoms with Gasteiger partial charge in [-0.05, 0) is 97.2 Å². The Balaban J connectivity index is 1.49. The van der Waals surface area contributed by atoms with Crippen LogP contribution in [0.2, 0.25) is 0 Å². The molecule has 3 unspecified atom stereocenters. The van der Waals surface area contributed by atoms with E-state index in [9.17, 15) is 0 Å². The monoisotopic (exact) mass is 400 g/mol. The number of fused-ring (bicyclic) bond motifs is 5. The Hall–Kier alpha value is -0.300. The van der Waals surface area contributed by atoms with E-state index in [4.69, 9.17) is 4.74 Å². The molecule has 0 amide bonds. The molecule has 3 fully saturated rings. The van der Waals surface area contributed by atoms with Gasteiger partial charge in [-0.2, -0.15) is 0 Å².